The van der Waals surface area contributed by atoms with Crippen LogP contribution in [-0.2, 0) is 9.59 Å². The number of thiocarbonyl (C=S) groups is 1. The summed E-state index contributed by atoms with van der Waals surface area (Å²) in [6.45, 7) is 10.1. The third kappa shape index (κ3) is 8.13. The maximum atomic E-state index is 12.8. The molecule has 0 saturated carbocycles. The van der Waals surface area contributed by atoms with Crippen molar-refractivity contribution in [1.82, 2.24) is 10.6 Å². The number of para-hydroxylation sites is 2. The monoisotopic (exact) mass is 484 g/mol. The molecule has 0 amide bonds. The molecule has 34 heavy (non-hydrogen) atoms. The van der Waals surface area contributed by atoms with Crippen molar-refractivity contribution in [2.45, 2.75) is 59.9 Å². The molecular formula is C27H36N2O4S. The van der Waals surface area contributed by atoms with Gasteiger partial charge in [-0.2, -0.15) is 0 Å². The van der Waals surface area contributed by atoms with Crippen molar-refractivity contribution in [3.63, 3.8) is 0 Å². The van der Waals surface area contributed by atoms with Gasteiger partial charge in [0.25, 0.3) is 0 Å². The fourth-order valence-electron chi connectivity index (χ4n) is 3.44. The minimum absolute atomic E-state index is 0.207. The average Bonchev–Trinajstić information content (AvgIpc) is 2.81. The first-order valence-corrected chi connectivity index (χ1v) is 12.1. The van der Waals surface area contributed by atoms with E-state index in [0.29, 0.717) is 36.0 Å². The minimum atomic E-state index is -0.792. The van der Waals surface area contributed by atoms with E-state index in [1.807, 2.05) is 71.0 Å². The van der Waals surface area contributed by atoms with E-state index in [1.165, 1.54) is 0 Å². The Morgan fingerprint density at radius 2 is 1.38 bits per heavy atom. The zero-order valence-corrected chi connectivity index (χ0v) is 21.5. The van der Waals surface area contributed by atoms with Crippen molar-refractivity contribution >= 4 is 29.3 Å². The summed E-state index contributed by atoms with van der Waals surface area (Å²) >= 11 is 5.46. The Morgan fingerprint density at radius 3 is 1.88 bits per heavy atom. The molecule has 0 aliphatic rings. The number of rotatable bonds is 11. The summed E-state index contributed by atoms with van der Waals surface area (Å²) < 4.78 is 11.0. The van der Waals surface area contributed by atoms with Gasteiger partial charge in [0.2, 0.25) is 0 Å². The van der Waals surface area contributed by atoms with Gasteiger partial charge in [-0.3, -0.25) is 9.59 Å². The molecule has 2 aromatic rings. The molecule has 1 atom stereocenters. The van der Waals surface area contributed by atoms with Crippen LogP contribution in [0.4, 0.5) is 0 Å². The second-order valence-electron chi connectivity index (χ2n) is 9.48. The van der Waals surface area contributed by atoms with Crippen LogP contribution in [0, 0.1) is 10.8 Å². The van der Waals surface area contributed by atoms with Gasteiger partial charge in [0.1, 0.15) is 11.5 Å². The molecule has 2 aromatic carbocycles. The van der Waals surface area contributed by atoms with Crippen LogP contribution in [0.1, 0.15) is 53.9 Å². The number of nitrogens with one attached hydrogen (secondary N) is 2. The van der Waals surface area contributed by atoms with Crippen LogP contribution in [-0.4, -0.2) is 29.6 Å². The van der Waals surface area contributed by atoms with Gasteiger partial charge in [0.15, 0.2) is 5.11 Å². The molecule has 0 fully saturated rings. The van der Waals surface area contributed by atoms with E-state index < -0.39 is 10.8 Å². The summed E-state index contributed by atoms with van der Waals surface area (Å²) in [5.74, 6) is 0.483. The third-order valence-electron chi connectivity index (χ3n) is 5.84. The van der Waals surface area contributed by atoms with Crippen LogP contribution in [0.15, 0.2) is 60.7 Å². The van der Waals surface area contributed by atoms with Crippen molar-refractivity contribution in [2.24, 2.45) is 10.8 Å². The van der Waals surface area contributed by atoms with Crippen molar-refractivity contribution in [2.75, 3.05) is 6.54 Å². The van der Waals surface area contributed by atoms with Crippen molar-refractivity contribution in [3.8, 4) is 11.5 Å². The largest absolute Gasteiger partial charge is 0.426 e. The van der Waals surface area contributed by atoms with Crippen LogP contribution in [0.25, 0.3) is 0 Å². The predicted octanol–water partition coefficient (Wildman–Crippen LogP) is 5.27. The minimum Gasteiger partial charge on any atom is -0.426 e. The van der Waals surface area contributed by atoms with Crippen molar-refractivity contribution < 1.29 is 19.1 Å². The van der Waals surface area contributed by atoms with Crippen LogP contribution in [0.3, 0.4) is 0 Å². The lowest BCUT2D eigenvalue weighted by Crippen LogP contribution is -2.52. The first-order valence-electron chi connectivity index (χ1n) is 11.7. The van der Waals surface area contributed by atoms with E-state index in [0.717, 1.165) is 6.42 Å². The van der Waals surface area contributed by atoms with E-state index in [-0.39, 0.29) is 18.0 Å². The lowest BCUT2D eigenvalue weighted by Gasteiger charge is -2.33. The molecule has 0 bridgehead atoms. The second-order valence-corrected chi connectivity index (χ2v) is 9.88. The average molecular weight is 485 g/mol. The molecule has 6 nitrogen and oxygen atoms in total. The SMILES string of the molecule is CC[C@H](NC(=S)NCCCC(C)(C)C(=O)Oc1ccccc1)C(C)(C)C(=O)Oc1ccccc1. The highest BCUT2D eigenvalue weighted by Gasteiger charge is 2.38. The number of hydrogen-bond acceptors (Lipinski definition) is 5. The maximum absolute atomic E-state index is 12.8. The van der Waals surface area contributed by atoms with Crippen LogP contribution < -0.4 is 20.1 Å². The summed E-state index contributed by atoms with van der Waals surface area (Å²) in [6.07, 6.45) is 2.06. The predicted molar refractivity (Wildman–Crippen MR) is 139 cm³/mol. The molecule has 0 saturated heterocycles. The summed E-state index contributed by atoms with van der Waals surface area (Å²) in [4.78, 5) is 25.3. The first-order chi connectivity index (χ1) is 16.1. The summed E-state index contributed by atoms with van der Waals surface area (Å²) in [5, 5.41) is 6.91. The van der Waals surface area contributed by atoms with Gasteiger partial charge < -0.3 is 20.1 Å². The number of esters is 2. The van der Waals surface area contributed by atoms with Gasteiger partial charge in [0.05, 0.1) is 10.8 Å². The smallest absolute Gasteiger partial charge is 0.318 e. The van der Waals surface area contributed by atoms with E-state index in [9.17, 15) is 9.59 Å². The molecule has 2 rings (SSSR count). The van der Waals surface area contributed by atoms with Gasteiger partial charge in [-0.25, -0.2) is 0 Å². The molecule has 184 valence electrons. The van der Waals surface area contributed by atoms with Crippen LogP contribution in [0.5, 0.6) is 11.5 Å². The molecule has 0 aromatic heterocycles. The quantitative estimate of drug-likeness (QED) is 0.195. The lowest BCUT2D eigenvalue weighted by molar-refractivity contribution is -0.145. The van der Waals surface area contributed by atoms with Crippen LogP contribution in [0.2, 0.25) is 0 Å². The number of carbonyl (C=O) groups excluding carboxylic acids is 2. The zero-order chi connectivity index (χ0) is 25.2. The van der Waals surface area contributed by atoms with Crippen molar-refractivity contribution in [1.29, 1.82) is 0 Å². The Bertz CT molecular complexity index is 946. The molecule has 0 aliphatic heterocycles. The highest BCUT2D eigenvalue weighted by molar-refractivity contribution is 7.80. The molecule has 0 radical (unpaired) electrons. The van der Waals surface area contributed by atoms with Crippen LogP contribution >= 0.6 is 12.2 Å². The van der Waals surface area contributed by atoms with E-state index in [2.05, 4.69) is 10.6 Å². The van der Waals surface area contributed by atoms with E-state index in [1.54, 1.807) is 24.3 Å². The molecule has 2 N–H and O–H groups in total. The molecule has 0 unspecified atom stereocenters. The first kappa shape index (κ1) is 27.3. The Hall–Kier alpha value is -2.93. The van der Waals surface area contributed by atoms with Gasteiger partial charge in [0, 0.05) is 12.6 Å². The molecule has 0 aliphatic carbocycles. The van der Waals surface area contributed by atoms with E-state index >= 15 is 0 Å². The fourth-order valence-corrected chi connectivity index (χ4v) is 3.68. The zero-order valence-electron chi connectivity index (χ0n) is 20.7. The molecule has 0 spiro atoms. The number of benzene rings is 2. The highest BCUT2D eigenvalue weighted by Crippen LogP contribution is 2.27. The van der Waals surface area contributed by atoms with E-state index in [4.69, 9.17) is 21.7 Å². The second kappa shape index (κ2) is 12.5. The normalized spacial score (nSPS) is 12.4. The summed E-state index contributed by atoms with van der Waals surface area (Å²) in [7, 11) is 0. The van der Waals surface area contributed by atoms with Gasteiger partial charge in [-0.05, 0) is 83.4 Å². The Morgan fingerprint density at radius 1 is 0.882 bits per heavy atom. The maximum Gasteiger partial charge on any atom is 0.318 e. The molecular weight excluding hydrogens is 448 g/mol. The fraction of sp³-hybridized carbons (Fsp3) is 0.444. The van der Waals surface area contributed by atoms with Gasteiger partial charge in [-0.15, -0.1) is 0 Å². The lowest BCUT2D eigenvalue weighted by atomic mass is 9.83. The summed E-state index contributed by atoms with van der Waals surface area (Å²) in [5.41, 5.74) is -1.42. The third-order valence-corrected chi connectivity index (χ3v) is 6.10. The van der Waals surface area contributed by atoms with Gasteiger partial charge >= 0.3 is 11.9 Å². The number of carbonyl (C=O) groups is 2. The van der Waals surface area contributed by atoms with Gasteiger partial charge in [-0.1, -0.05) is 43.3 Å². The number of ether oxygens (including phenoxy) is 2. The topological polar surface area (TPSA) is 76.7 Å². The Kier molecular flexibility index (Phi) is 10.1. The molecule has 7 heteroatoms. The number of hydrogen-bond donors (Lipinski definition) is 2. The standard InChI is InChI=1S/C27H36N2O4S/c1-6-22(27(4,5)24(31)33-21-16-11-8-12-17-21)29-25(34)28-19-13-18-26(2,3)23(30)32-20-14-9-7-10-15-20/h7-12,14-17,22H,6,13,18-19H2,1-5H3,(H2,28,29,34)/t22-/m0/s1. The Balaban J connectivity index is 1.80. The highest BCUT2D eigenvalue weighted by atomic mass is 32.1. The Labute approximate surface area is 208 Å². The summed E-state index contributed by atoms with van der Waals surface area (Å²) in [6, 6.07) is 17.9. The van der Waals surface area contributed by atoms with Crippen molar-refractivity contribution in [3.05, 3.63) is 60.7 Å². The molecule has 0 heterocycles.